The van der Waals surface area contributed by atoms with Gasteiger partial charge >= 0.3 is 12.1 Å². The summed E-state index contributed by atoms with van der Waals surface area (Å²) in [7, 11) is 0. The van der Waals surface area contributed by atoms with Crippen LogP contribution in [-0.4, -0.2) is 82.2 Å². The van der Waals surface area contributed by atoms with Crippen molar-refractivity contribution in [1.29, 1.82) is 0 Å². The number of halogens is 3. The number of hydrogen-bond acceptors (Lipinski definition) is 7. The Labute approximate surface area is 263 Å². The van der Waals surface area contributed by atoms with Gasteiger partial charge in [0.05, 0.1) is 12.1 Å². The summed E-state index contributed by atoms with van der Waals surface area (Å²) in [6.07, 6.45) is -4.84. The maximum Gasteiger partial charge on any atom is 0.452 e. The van der Waals surface area contributed by atoms with Crippen LogP contribution in [0.3, 0.4) is 0 Å². The number of hydrogen-bond donors (Lipinski definition) is 4. The van der Waals surface area contributed by atoms with Crippen molar-refractivity contribution >= 4 is 35.3 Å². The average Bonchev–Trinajstić information content (AvgIpc) is 3.42. The number of fused-ring (bicyclic) bond motifs is 1. The quantitative estimate of drug-likeness (QED) is 0.189. The van der Waals surface area contributed by atoms with Crippen LogP contribution in [-0.2, 0) is 32.0 Å². The number of amides is 3. The SMILES string of the molecule is CC(C)C(NC(=O)C(C(=O)c1ccc(C(=O)NCC(=O)O)cc1)N(C(=O)[C@@H](N)C(C)C)C1Cc2ccccc2C1)C(=O)C(F)(F)F. The minimum Gasteiger partial charge on any atom is -0.480 e. The van der Waals surface area contributed by atoms with Gasteiger partial charge in [0.1, 0.15) is 6.54 Å². The summed E-state index contributed by atoms with van der Waals surface area (Å²) in [5.41, 5.74) is 7.74. The van der Waals surface area contributed by atoms with Gasteiger partial charge in [-0.3, -0.25) is 28.8 Å². The number of Topliss-reactive ketones (excluding diaryl/α,β-unsaturated/α-hetero) is 2. The monoisotopic (exact) mass is 646 g/mol. The van der Waals surface area contributed by atoms with E-state index in [9.17, 15) is 41.9 Å². The Hall–Kier alpha value is -4.59. The standard InChI is InChI=1S/C32H37F3N4O7/c1-16(2)24(36)31(46)39(22-13-20-7-5-6-8-21(20)14-22)26(30(45)38-25(17(3)4)28(43)32(33,34)35)27(42)18-9-11-19(12-10-18)29(44)37-15-23(40)41/h5-12,16-17,22,24-26H,13-15,36H2,1-4H3,(H,37,44)(H,38,45)(H,40,41)/t24-,25?,26?/m0/s1. The van der Waals surface area contributed by atoms with Crippen molar-refractivity contribution in [2.75, 3.05) is 6.54 Å². The largest absolute Gasteiger partial charge is 0.480 e. The number of benzene rings is 2. The topological polar surface area (TPSA) is 176 Å². The second kappa shape index (κ2) is 14.7. The zero-order valence-electron chi connectivity index (χ0n) is 25.8. The van der Waals surface area contributed by atoms with Crippen molar-refractivity contribution in [3.05, 3.63) is 70.8 Å². The Morgan fingerprint density at radius 3 is 1.87 bits per heavy atom. The molecule has 0 heterocycles. The minimum absolute atomic E-state index is 0.0181. The first-order chi connectivity index (χ1) is 21.4. The molecule has 2 aromatic carbocycles. The molecule has 0 spiro atoms. The third-order valence-electron chi connectivity index (χ3n) is 7.81. The number of nitrogens with one attached hydrogen (secondary N) is 2. The Morgan fingerprint density at radius 1 is 0.891 bits per heavy atom. The van der Waals surface area contributed by atoms with E-state index in [1.807, 2.05) is 12.1 Å². The zero-order valence-corrected chi connectivity index (χ0v) is 25.8. The third kappa shape index (κ3) is 8.36. The average molecular weight is 647 g/mol. The molecule has 5 N–H and O–H groups in total. The second-order valence-corrected chi connectivity index (χ2v) is 11.9. The van der Waals surface area contributed by atoms with Crippen molar-refractivity contribution in [3.63, 3.8) is 0 Å². The Kier molecular flexibility index (Phi) is 11.4. The highest BCUT2D eigenvalue weighted by Gasteiger charge is 2.48. The van der Waals surface area contributed by atoms with E-state index in [2.05, 4.69) is 10.6 Å². The van der Waals surface area contributed by atoms with Crippen LogP contribution in [0.15, 0.2) is 48.5 Å². The molecule has 0 fully saturated rings. The number of carbonyl (C=O) groups excluding carboxylic acids is 5. The molecule has 46 heavy (non-hydrogen) atoms. The number of nitrogens with two attached hydrogens (primary N) is 1. The molecule has 0 saturated carbocycles. The van der Waals surface area contributed by atoms with E-state index >= 15 is 0 Å². The molecule has 3 amide bonds. The fourth-order valence-corrected chi connectivity index (χ4v) is 5.22. The van der Waals surface area contributed by atoms with E-state index in [1.54, 1.807) is 26.0 Å². The maximum atomic E-state index is 14.2. The number of ketones is 2. The smallest absolute Gasteiger partial charge is 0.452 e. The second-order valence-electron chi connectivity index (χ2n) is 11.9. The van der Waals surface area contributed by atoms with Gasteiger partial charge in [0.15, 0.2) is 11.8 Å². The fraction of sp³-hybridized carbons (Fsp3) is 0.438. The number of carboxylic acid groups (broad SMARTS) is 1. The minimum atomic E-state index is -5.29. The van der Waals surface area contributed by atoms with Crippen molar-refractivity contribution in [1.82, 2.24) is 15.5 Å². The van der Waals surface area contributed by atoms with E-state index in [-0.39, 0.29) is 24.0 Å². The van der Waals surface area contributed by atoms with Crippen LogP contribution >= 0.6 is 0 Å². The highest BCUT2D eigenvalue weighted by Crippen LogP contribution is 2.29. The molecule has 0 aliphatic heterocycles. The molecule has 2 unspecified atom stereocenters. The van der Waals surface area contributed by atoms with Crippen LogP contribution in [0, 0.1) is 11.8 Å². The molecule has 0 radical (unpaired) electrons. The van der Waals surface area contributed by atoms with Crippen LogP contribution in [0.1, 0.15) is 59.5 Å². The summed E-state index contributed by atoms with van der Waals surface area (Å²) < 4.78 is 40.5. The van der Waals surface area contributed by atoms with Crippen LogP contribution in [0.4, 0.5) is 13.2 Å². The number of nitrogens with zero attached hydrogens (tertiary/aromatic N) is 1. The van der Waals surface area contributed by atoms with Gasteiger partial charge in [-0.25, -0.2) is 0 Å². The Bertz CT molecular complexity index is 1470. The molecule has 1 aliphatic rings. The van der Waals surface area contributed by atoms with Gasteiger partial charge in [0.2, 0.25) is 5.91 Å². The van der Waals surface area contributed by atoms with Gasteiger partial charge in [0.25, 0.3) is 17.6 Å². The summed E-state index contributed by atoms with van der Waals surface area (Å²) >= 11 is 0. The summed E-state index contributed by atoms with van der Waals surface area (Å²) in [6, 6.07) is 5.88. The lowest BCUT2D eigenvalue weighted by atomic mass is 9.94. The lowest BCUT2D eigenvalue weighted by molar-refractivity contribution is -0.175. The van der Waals surface area contributed by atoms with Gasteiger partial charge in [-0.15, -0.1) is 0 Å². The molecular weight excluding hydrogens is 609 g/mol. The van der Waals surface area contributed by atoms with Crippen molar-refractivity contribution in [2.45, 2.75) is 70.9 Å². The zero-order chi connectivity index (χ0) is 34.5. The number of carbonyl (C=O) groups is 6. The van der Waals surface area contributed by atoms with Crippen molar-refractivity contribution < 1.29 is 47.0 Å². The van der Waals surface area contributed by atoms with Gasteiger partial charge in [0, 0.05) is 17.2 Å². The first kappa shape index (κ1) is 35.9. The molecule has 14 heteroatoms. The highest BCUT2D eigenvalue weighted by atomic mass is 19.4. The van der Waals surface area contributed by atoms with Crippen LogP contribution in [0.25, 0.3) is 0 Å². The Morgan fingerprint density at radius 2 is 1.41 bits per heavy atom. The molecule has 1 aliphatic carbocycles. The van der Waals surface area contributed by atoms with Gasteiger partial charge in [-0.2, -0.15) is 13.2 Å². The lowest BCUT2D eigenvalue weighted by Crippen LogP contribution is -2.63. The number of aliphatic carboxylic acids is 1. The van der Waals surface area contributed by atoms with E-state index in [0.717, 1.165) is 16.0 Å². The van der Waals surface area contributed by atoms with Gasteiger partial charge < -0.3 is 26.4 Å². The summed E-state index contributed by atoms with van der Waals surface area (Å²) in [5, 5.41) is 13.1. The fourth-order valence-electron chi connectivity index (χ4n) is 5.22. The van der Waals surface area contributed by atoms with Crippen LogP contribution in [0.5, 0.6) is 0 Å². The highest BCUT2D eigenvalue weighted by molar-refractivity contribution is 6.16. The molecule has 3 rings (SSSR count). The molecule has 11 nitrogen and oxygen atoms in total. The van der Waals surface area contributed by atoms with E-state index in [0.29, 0.717) is 0 Å². The Balaban J connectivity index is 2.12. The molecule has 0 aromatic heterocycles. The number of rotatable bonds is 13. The molecule has 3 atom stereocenters. The summed E-state index contributed by atoms with van der Waals surface area (Å²) in [6.45, 7) is 5.25. The third-order valence-corrected chi connectivity index (χ3v) is 7.81. The molecule has 0 saturated heterocycles. The lowest BCUT2D eigenvalue weighted by Gasteiger charge is -2.38. The normalized spacial score (nSPS) is 15.1. The van der Waals surface area contributed by atoms with Crippen molar-refractivity contribution in [3.8, 4) is 0 Å². The molecule has 2 aromatic rings. The molecule has 0 bridgehead atoms. The van der Waals surface area contributed by atoms with Crippen LogP contribution in [0.2, 0.25) is 0 Å². The first-order valence-corrected chi connectivity index (χ1v) is 14.6. The summed E-state index contributed by atoms with van der Waals surface area (Å²) in [4.78, 5) is 78.6. The van der Waals surface area contributed by atoms with Gasteiger partial charge in [-0.05, 0) is 47.9 Å². The molecular formula is C32H37F3N4O7. The van der Waals surface area contributed by atoms with Gasteiger partial charge in [-0.1, -0.05) is 64.1 Å². The predicted molar refractivity (Wildman–Crippen MR) is 160 cm³/mol. The van der Waals surface area contributed by atoms with Crippen LogP contribution < -0.4 is 16.4 Å². The maximum absolute atomic E-state index is 14.2. The number of alkyl halides is 3. The predicted octanol–water partition coefficient (Wildman–Crippen LogP) is 2.30. The van der Waals surface area contributed by atoms with E-state index in [1.165, 1.54) is 38.1 Å². The van der Waals surface area contributed by atoms with E-state index in [4.69, 9.17) is 10.8 Å². The molecule has 248 valence electrons. The summed E-state index contributed by atoms with van der Waals surface area (Å²) in [5.74, 6) is -8.81. The number of carboxylic acids is 1. The first-order valence-electron chi connectivity index (χ1n) is 14.6. The van der Waals surface area contributed by atoms with E-state index < -0.39 is 84.0 Å². The van der Waals surface area contributed by atoms with Crippen molar-refractivity contribution in [2.24, 2.45) is 17.6 Å².